The molecule has 4 nitrogen and oxygen atoms in total. The number of alkyl halides is 3. The summed E-state index contributed by atoms with van der Waals surface area (Å²) < 4.78 is 51.8. The zero-order valence-corrected chi connectivity index (χ0v) is 11.8. The first-order valence-corrected chi connectivity index (χ1v) is 7.46. The summed E-state index contributed by atoms with van der Waals surface area (Å²) in [6.45, 7) is -1.83. The fourth-order valence-electron chi connectivity index (χ4n) is 1.59. The lowest BCUT2D eigenvalue weighted by atomic mass is 10.1. The third-order valence-electron chi connectivity index (χ3n) is 2.55. The van der Waals surface area contributed by atoms with Gasteiger partial charge in [0.05, 0.1) is 6.61 Å². The maximum atomic E-state index is 11.9. The summed E-state index contributed by atoms with van der Waals surface area (Å²) in [5, 5.41) is 7.91. The van der Waals surface area contributed by atoms with Gasteiger partial charge in [0.25, 0.3) is 0 Å². The molecule has 0 radical (unpaired) electrons. The zero-order chi connectivity index (χ0) is 15.9. The normalized spacial score (nSPS) is 14.6. The van der Waals surface area contributed by atoms with Gasteiger partial charge >= 0.3 is 12.1 Å². The molecule has 0 aromatic heterocycles. The lowest BCUT2D eigenvalue weighted by Crippen LogP contribution is -2.31. The van der Waals surface area contributed by atoms with Crippen LogP contribution in [0.25, 0.3) is 0 Å². The van der Waals surface area contributed by atoms with Crippen LogP contribution in [0.2, 0.25) is 0 Å². The third kappa shape index (κ3) is 7.24. The molecule has 0 bridgehead atoms. The maximum Gasteiger partial charge on any atom is 0.411 e. The van der Waals surface area contributed by atoms with Crippen LogP contribution in [0.5, 0.6) is 0 Å². The molecule has 0 heterocycles. The van der Waals surface area contributed by atoms with Crippen molar-refractivity contribution >= 4 is 16.8 Å². The summed E-state index contributed by atoms with van der Waals surface area (Å²) in [4.78, 5) is 11.1. The minimum Gasteiger partial charge on any atom is -0.480 e. The Morgan fingerprint density at radius 3 is 2.43 bits per heavy atom. The van der Waals surface area contributed by atoms with E-state index in [0.29, 0.717) is 5.56 Å². The molecule has 0 spiro atoms. The van der Waals surface area contributed by atoms with Crippen LogP contribution in [-0.2, 0) is 26.8 Å². The quantitative estimate of drug-likeness (QED) is 0.743. The van der Waals surface area contributed by atoms with E-state index in [0.717, 1.165) is 0 Å². The largest absolute Gasteiger partial charge is 0.480 e. The molecule has 1 aromatic carbocycles. The number of carboxylic acids is 1. The lowest BCUT2D eigenvalue weighted by Gasteiger charge is -2.13. The first-order valence-electron chi connectivity index (χ1n) is 6.08. The smallest absolute Gasteiger partial charge is 0.411 e. The Labute approximate surface area is 122 Å². The minimum absolute atomic E-state index is 0.0576. The van der Waals surface area contributed by atoms with Gasteiger partial charge in [0, 0.05) is 16.6 Å². The highest BCUT2D eigenvalue weighted by atomic mass is 32.2. The zero-order valence-electron chi connectivity index (χ0n) is 11.0. The van der Waals surface area contributed by atoms with Crippen LogP contribution in [0, 0.1) is 0 Å². The number of carbonyl (C=O) groups is 1. The molecule has 1 N–H and O–H groups in total. The average Bonchev–Trinajstić information content (AvgIpc) is 2.40. The van der Waals surface area contributed by atoms with Crippen molar-refractivity contribution in [1.82, 2.24) is 0 Å². The highest BCUT2D eigenvalue weighted by molar-refractivity contribution is 7.86. The fourth-order valence-corrected chi connectivity index (χ4v) is 2.76. The van der Waals surface area contributed by atoms with E-state index in [1.165, 1.54) is 0 Å². The molecule has 118 valence electrons. The Hall–Kier alpha value is -1.41. The molecule has 21 heavy (non-hydrogen) atoms. The second kappa shape index (κ2) is 8.14. The van der Waals surface area contributed by atoms with Crippen LogP contribution in [0.15, 0.2) is 30.3 Å². The van der Waals surface area contributed by atoms with Gasteiger partial charge in [0.1, 0.15) is 11.9 Å². The van der Waals surface area contributed by atoms with Crippen molar-refractivity contribution in [3.63, 3.8) is 0 Å². The van der Waals surface area contributed by atoms with Gasteiger partial charge in [-0.25, -0.2) is 0 Å². The first kappa shape index (κ1) is 17.6. The molecular weight excluding hydrogens is 309 g/mol. The topological polar surface area (TPSA) is 63.6 Å². The molecular formula is C13H15F3O4S. The minimum atomic E-state index is -4.45. The highest BCUT2D eigenvalue weighted by Gasteiger charge is 2.28. The average molecular weight is 324 g/mol. The van der Waals surface area contributed by atoms with Gasteiger partial charge in [0.15, 0.2) is 0 Å². The van der Waals surface area contributed by atoms with Crippen LogP contribution in [0.1, 0.15) is 5.56 Å². The molecule has 0 aliphatic heterocycles. The van der Waals surface area contributed by atoms with Crippen molar-refractivity contribution in [2.75, 3.05) is 19.0 Å². The van der Waals surface area contributed by atoms with Gasteiger partial charge in [-0.3, -0.25) is 9.00 Å². The van der Waals surface area contributed by atoms with Crippen LogP contribution < -0.4 is 0 Å². The standard InChI is InChI=1S/C13H15F3O4S/c14-13(15,16)9-20-6-7-21(19)11(12(17)18)8-10-4-2-1-3-5-10/h1-5,11H,6-9H2,(H,17,18). The Morgan fingerprint density at radius 1 is 1.29 bits per heavy atom. The van der Waals surface area contributed by atoms with Crippen molar-refractivity contribution in [3.8, 4) is 0 Å². The van der Waals surface area contributed by atoms with E-state index in [1.807, 2.05) is 0 Å². The predicted octanol–water partition coefficient (Wildman–Crippen LogP) is 2.01. The van der Waals surface area contributed by atoms with E-state index in [9.17, 15) is 22.2 Å². The number of carboxylic acid groups (broad SMARTS) is 1. The second-order valence-corrected chi connectivity index (χ2v) is 6.01. The summed E-state index contributed by atoms with van der Waals surface area (Å²) >= 11 is 0. The van der Waals surface area contributed by atoms with E-state index in [2.05, 4.69) is 4.74 Å². The second-order valence-electron chi connectivity index (χ2n) is 4.27. The Morgan fingerprint density at radius 2 is 1.90 bits per heavy atom. The van der Waals surface area contributed by atoms with E-state index >= 15 is 0 Å². The highest BCUT2D eigenvalue weighted by Crippen LogP contribution is 2.14. The molecule has 0 amide bonds. The van der Waals surface area contributed by atoms with Gasteiger partial charge in [-0.1, -0.05) is 30.3 Å². The third-order valence-corrected chi connectivity index (χ3v) is 4.12. The molecule has 2 unspecified atom stereocenters. The molecule has 1 aromatic rings. The summed E-state index contributed by atoms with van der Waals surface area (Å²) in [5.41, 5.74) is 0.703. The Bertz CT molecular complexity index is 476. The molecule has 0 aliphatic carbocycles. The number of ether oxygens (including phenoxy) is 1. The fraction of sp³-hybridized carbons (Fsp3) is 0.462. The Kier molecular flexibility index (Phi) is 6.83. The van der Waals surface area contributed by atoms with Crippen LogP contribution in [0.4, 0.5) is 13.2 Å². The molecule has 2 atom stereocenters. The summed E-state index contributed by atoms with van der Waals surface area (Å²) in [6.07, 6.45) is -4.39. The summed E-state index contributed by atoms with van der Waals surface area (Å²) in [7, 11) is -1.81. The van der Waals surface area contributed by atoms with Gasteiger partial charge in [-0.05, 0) is 12.0 Å². The van der Waals surface area contributed by atoms with Gasteiger partial charge < -0.3 is 9.84 Å². The number of aliphatic carboxylic acids is 1. The van der Waals surface area contributed by atoms with Gasteiger partial charge in [-0.2, -0.15) is 13.2 Å². The van der Waals surface area contributed by atoms with Crippen molar-refractivity contribution < 1.29 is 32.0 Å². The van der Waals surface area contributed by atoms with E-state index < -0.39 is 41.4 Å². The summed E-state index contributed by atoms with van der Waals surface area (Å²) in [6, 6.07) is 8.62. The van der Waals surface area contributed by atoms with E-state index in [4.69, 9.17) is 5.11 Å². The molecule has 1 rings (SSSR count). The number of benzene rings is 1. The van der Waals surface area contributed by atoms with Gasteiger partial charge in [0.2, 0.25) is 0 Å². The number of hydrogen-bond acceptors (Lipinski definition) is 3. The van der Waals surface area contributed by atoms with Crippen LogP contribution >= 0.6 is 0 Å². The summed E-state index contributed by atoms with van der Waals surface area (Å²) in [5.74, 6) is -1.49. The van der Waals surface area contributed by atoms with Crippen molar-refractivity contribution in [3.05, 3.63) is 35.9 Å². The van der Waals surface area contributed by atoms with Crippen molar-refractivity contribution in [2.45, 2.75) is 17.8 Å². The van der Waals surface area contributed by atoms with Crippen molar-refractivity contribution in [2.24, 2.45) is 0 Å². The molecule has 0 aliphatic rings. The number of halogens is 3. The van der Waals surface area contributed by atoms with E-state index in [1.54, 1.807) is 30.3 Å². The van der Waals surface area contributed by atoms with Crippen molar-refractivity contribution in [1.29, 1.82) is 0 Å². The number of hydrogen-bond donors (Lipinski definition) is 1. The lowest BCUT2D eigenvalue weighted by molar-refractivity contribution is -0.172. The predicted molar refractivity (Wildman–Crippen MR) is 71.5 cm³/mol. The SMILES string of the molecule is O=C(O)C(Cc1ccccc1)S(=O)CCOCC(F)(F)F. The maximum absolute atomic E-state index is 11.9. The Balaban J connectivity index is 2.49. The first-order chi connectivity index (χ1) is 9.79. The van der Waals surface area contributed by atoms with E-state index in [-0.39, 0.29) is 12.2 Å². The van der Waals surface area contributed by atoms with Crippen LogP contribution in [0.3, 0.4) is 0 Å². The van der Waals surface area contributed by atoms with Crippen LogP contribution in [-0.4, -0.2) is 45.7 Å². The molecule has 0 saturated heterocycles. The number of rotatable bonds is 8. The molecule has 0 saturated carbocycles. The molecule has 0 fully saturated rings. The monoisotopic (exact) mass is 324 g/mol. The van der Waals surface area contributed by atoms with Gasteiger partial charge in [-0.15, -0.1) is 0 Å². The molecule has 8 heteroatoms.